The van der Waals surface area contributed by atoms with Crippen LogP contribution in [0.2, 0.25) is 0 Å². The first-order chi connectivity index (χ1) is 9.49. The lowest BCUT2D eigenvalue weighted by molar-refractivity contribution is 0.214. The quantitative estimate of drug-likeness (QED) is 0.872. The molecule has 120 valence electrons. The Morgan fingerprint density at radius 3 is 2.05 bits per heavy atom. The second-order valence-corrected chi connectivity index (χ2v) is 7.40. The average molecular weight is 325 g/mol. The van der Waals surface area contributed by atoms with Crippen molar-refractivity contribution in [2.45, 2.75) is 38.1 Å². The van der Waals surface area contributed by atoms with Gasteiger partial charge in [0, 0.05) is 24.8 Å². The van der Waals surface area contributed by atoms with E-state index in [1.54, 1.807) is 20.8 Å². The zero-order chi connectivity index (χ0) is 16.4. The molecule has 21 heavy (non-hydrogen) atoms. The largest absolute Gasteiger partial charge is 0.396 e. The number of sulfonamides is 1. The molecule has 0 radical (unpaired) electrons. The third-order valence-corrected chi connectivity index (χ3v) is 4.51. The Kier molecular flexibility index (Phi) is 5.40. The molecule has 4 nitrogen and oxygen atoms in total. The van der Waals surface area contributed by atoms with Gasteiger partial charge in [-0.3, -0.25) is 0 Å². The number of aliphatic hydroxyl groups is 1. The maximum Gasteiger partial charge on any atom is 0.246 e. The number of nitrogens with one attached hydrogen (secondary N) is 1. The summed E-state index contributed by atoms with van der Waals surface area (Å²) in [6, 6.07) is -0.137. The van der Waals surface area contributed by atoms with E-state index in [0.717, 1.165) is 0 Å². The highest BCUT2D eigenvalue weighted by Crippen LogP contribution is 2.26. The molecule has 0 heterocycles. The number of halogens is 3. The van der Waals surface area contributed by atoms with Crippen molar-refractivity contribution in [3.8, 4) is 0 Å². The maximum absolute atomic E-state index is 13.6. The summed E-state index contributed by atoms with van der Waals surface area (Å²) in [6.45, 7) is 4.85. The van der Waals surface area contributed by atoms with Gasteiger partial charge >= 0.3 is 0 Å². The van der Waals surface area contributed by atoms with Gasteiger partial charge in [0.1, 0.15) is 17.5 Å². The molecule has 0 aromatic heterocycles. The molecule has 0 amide bonds. The third-order valence-electron chi connectivity index (χ3n) is 2.99. The van der Waals surface area contributed by atoms with Crippen LogP contribution in [0.15, 0.2) is 17.0 Å². The predicted octanol–water partition coefficient (Wildman–Crippen LogP) is 2.18. The Labute approximate surface area is 122 Å². The molecule has 1 aromatic rings. The summed E-state index contributed by atoms with van der Waals surface area (Å²) < 4.78 is 66.4. The molecule has 0 saturated carbocycles. The van der Waals surface area contributed by atoms with E-state index in [-0.39, 0.29) is 13.0 Å². The first-order valence-electron chi connectivity index (χ1n) is 6.27. The number of aliphatic hydroxyl groups excluding tert-OH is 1. The van der Waals surface area contributed by atoms with Crippen LogP contribution in [-0.4, -0.2) is 26.2 Å². The zero-order valence-electron chi connectivity index (χ0n) is 12.0. The molecule has 0 saturated heterocycles. The molecule has 0 fully saturated rings. The Balaban J connectivity index is 3.23. The second kappa shape index (κ2) is 6.33. The van der Waals surface area contributed by atoms with Gasteiger partial charge in [-0.05, 0) is 11.8 Å². The molecule has 8 heteroatoms. The van der Waals surface area contributed by atoms with Gasteiger partial charge in [0.05, 0.1) is 0 Å². The molecule has 1 rings (SSSR count). The van der Waals surface area contributed by atoms with Gasteiger partial charge in [-0.25, -0.2) is 26.3 Å². The monoisotopic (exact) mass is 325 g/mol. The Morgan fingerprint density at radius 2 is 1.67 bits per heavy atom. The molecule has 0 aliphatic carbocycles. The van der Waals surface area contributed by atoms with Crippen molar-refractivity contribution in [2.24, 2.45) is 5.41 Å². The molecule has 2 N–H and O–H groups in total. The predicted molar refractivity (Wildman–Crippen MR) is 71.6 cm³/mol. The van der Waals surface area contributed by atoms with Gasteiger partial charge < -0.3 is 5.11 Å². The van der Waals surface area contributed by atoms with E-state index < -0.39 is 43.8 Å². The SMILES string of the molecule is CC(C)(C)C(CCO)NS(=O)(=O)c1c(F)cc(F)cc1F. The first kappa shape index (κ1) is 17.9. The van der Waals surface area contributed by atoms with Crippen LogP contribution in [0.25, 0.3) is 0 Å². The number of hydrogen-bond acceptors (Lipinski definition) is 3. The van der Waals surface area contributed by atoms with Crippen LogP contribution in [0.5, 0.6) is 0 Å². The third kappa shape index (κ3) is 4.42. The van der Waals surface area contributed by atoms with Gasteiger partial charge in [0.15, 0.2) is 4.90 Å². The number of hydrogen-bond donors (Lipinski definition) is 2. The standard InChI is InChI=1S/C13H18F3NO3S/c1-13(2,3)11(4-5-18)17-21(19,20)12-9(15)6-8(14)7-10(12)16/h6-7,11,17-18H,4-5H2,1-3H3. The second-order valence-electron chi connectivity index (χ2n) is 5.75. The highest BCUT2D eigenvalue weighted by molar-refractivity contribution is 7.89. The van der Waals surface area contributed by atoms with E-state index in [4.69, 9.17) is 5.11 Å². The van der Waals surface area contributed by atoms with Crippen molar-refractivity contribution in [1.82, 2.24) is 4.72 Å². The number of benzene rings is 1. The molecule has 1 aromatic carbocycles. The topological polar surface area (TPSA) is 66.4 Å². The molecular weight excluding hydrogens is 307 g/mol. The fourth-order valence-corrected chi connectivity index (χ4v) is 3.42. The summed E-state index contributed by atoms with van der Waals surface area (Å²) in [4.78, 5) is -1.23. The summed E-state index contributed by atoms with van der Waals surface area (Å²) in [6.07, 6.45) is 0.0766. The fourth-order valence-electron chi connectivity index (χ4n) is 1.83. The normalized spacial score (nSPS) is 14.2. The lowest BCUT2D eigenvalue weighted by Crippen LogP contribution is -2.44. The summed E-state index contributed by atoms with van der Waals surface area (Å²) in [5.74, 6) is -4.21. The maximum atomic E-state index is 13.6. The molecule has 0 bridgehead atoms. The van der Waals surface area contributed by atoms with Crippen LogP contribution < -0.4 is 4.72 Å². The summed E-state index contributed by atoms with van der Waals surface area (Å²) in [5.41, 5.74) is -0.581. The van der Waals surface area contributed by atoms with Crippen molar-refractivity contribution in [2.75, 3.05) is 6.61 Å². The minimum Gasteiger partial charge on any atom is -0.396 e. The van der Waals surface area contributed by atoms with E-state index in [9.17, 15) is 21.6 Å². The molecule has 0 aliphatic heterocycles. The minimum atomic E-state index is -4.52. The molecular formula is C13H18F3NO3S. The molecule has 1 unspecified atom stereocenters. The average Bonchev–Trinajstić information content (AvgIpc) is 2.24. The van der Waals surface area contributed by atoms with Crippen molar-refractivity contribution >= 4 is 10.0 Å². The molecule has 0 spiro atoms. The van der Waals surface area contributed by atoms with Crippen LogP contribution in [0, 0.1) is 22.9 Å². The van der Waals surface area contributed by atoms with Crippen LogP contribution in [-0.2, 0) is 10.0 Å². The van der Waals surface area contributed by atoms with Gasteiger partial charge in [-0.2, -0.15) is 0 Å². The van der Waals surface area contributed by atoms with E-state index in [2.05, 4.69) is 4.72 Å². The Hall–Kier alpha value is -1.12. The zero-order valence-corrected chi connectivity index (χ0v) is 12.8. The van der Waals surface area contributed by atoms with E-state index in [0.29, 0.717) is 12.1 Å². The summed E-state index contributed by atoms with van der Waals surface area (Å²) in [5, 5.41) is 8.98. The summed E-state index contributed by atoms with van der Waals surface area (Å²) >= 11 is 0. The molecule has 1 atom stereocenters. The first-order valence-corrected chi connectivity index (χ1v) is 7.75. The van der Waals surface area contributed by atoms with Gasteiger partial charge in [-0.15, -0.1) is 0 Å². The van der Waals surface area contributed by atoms with E-state index >= 15 is 0 Å². The van der Waals surface area contributed by atoms with Gasteiger partial charge in [0.2, 0.25) is 10.0 Å². The van der Waals surface area contributed by atoms with Crippen molar-refractivity contribution in [3.63, 3.8) is 0 Å². The van der Waals surface area contributed by atoms with E-state index in [1.807, 2.05) is 0 Å². The van der Waals surface area contributed by atoms with Crippen molar-refractivity contribution in [1.29, 1.82) is 0 Å². The van der Waals surface area contributed by atoms with Crippen LogP contribution in [0.4, 0.5) is 13.2 Å². The Morgan fingerprint density at radius 1 is 1.19 bits per heavy atom. The highest BCUT2D eigenvalue weighted by atomic mass is 32.2. The minimum absolute atomic E-state index is 0.0766. The summed E-state index contributed by atoms with van der Waals surface area (Å²) in [7, 11) is -4.52. The molecule has 0 aliphatic rings. The van der Waals surface area contributed by atoms with Crippen molar-refractivity contribution in [3.05, 3.63) is 29.6 Å². The smallest absolute Gasteiger partial charge is 0.246 e. The van der Waals surface area contributed by atoms with Crippen LogP contribution >= 0.6 is 0 Å². The van der Waals surface area contributed by atoms with Crippen molar-refractivity contribution < 1.29 is 26.7 Å². The lowest BCUT2D eigenvalue weighted by atomic mass is 9.86. The van der Waals surface area contributed by atoms with Gasteiger partial charge in [-0.1, -0.05) is 20.8 Å². The lowest BCUT2D eigenvalue weighted by Gasteiger charge is -2.30. The van der Waals surface area contributed by atoms with Crippen LogP contribution in [0.1, 0.15) is 27.2 Å². The van der Waals surface area contributed by atoms with Crippen LogP contribution in [0.3, 0.4) is 0 Å². The van der Waals surface area contributed by atoms with E-state index in [1.165, 1.54) is 0 Å². The van der Waals surface area contributed by atoms with Gasteiger partial charge in [0.25, 0.3) is 0 Å². The highest BCUT2D eigenvalue weighted by Gasteiger charge is 2.32. The number of rotatable bonds is 5. The Bertz CT molecular complexity index is 589. The fraction of sp³-hybridized carbons (Fsp3) is 0.538.